The van der Waals surface area contributed by atoms with Gasteiger partial charge in [-0.25, -0.2) is 0 Å². The van der Waals surface area contributed by atoms with Gasteiger partial charge >= 0.3 is 0 Å². The third kappa shape index (κ3) is 3.20. The summed E-state index contributed by atoms with van der Waals surface area (Å²) in [5, 5.41) is 9.63. The topological polar surface area (TPSA) is 83.8 Å². The molecule has 1 amide bonds. The van der Waals surface area contributed by atoms with E-state index in [0.717, 1.165) is 11.3 Å². The molecular weight excluding hydrogens is 240 g/mol. The van der Waals surface area contributed by atoms with Gasteiger partial charge in [0.1, 0.15) is 6.04 Å². The van der Waals surface area contributed by atoms with E-state index in [2.05, 4.69) is 29.4 Å². The summed E-state index contributed by atoms with van der Waals surface area (Å²) in [6.45, 7) is 4.10. The normalized spacial score (nSPS) is 12.4. The van der Waals surface area contributed by atoms with Gasteiger partial charge < -0.3 is 11.1 Å². The van der Waals surface area contributed by atoms with Gasteiger partial charge in [0.2, 0.25) is 5.91 Å². The van der Waals surface area contributed by atoms with Gasteiger partial charge in [-0.05, 0) is 11.5 Å². The molecule has 0 radical (unpaired) electrons. The molecule has 1 atom stereocenters. The van der Waals surface area contributed by atoms with Crippen LogP contribution in [0.5, 0.6) is 0 Å². The Morgan fingerprint density at radius 1 is 1.32 bits per heavy atom. The zero-order valence-corrected chi connectivity index (χ0v) is 11.1. The van der Waals surface area contributed by atoms with Crippen LogP contribution in [0.2, 0.25) is 0 Å². The lowest BCUT2D eigenvalue weighted by Crippen LogP contribution is -2.27. The molecule has 0 saturated heterocycles. The number of hydrogen-bond donors (Lipinski definition) is 3. The van der Waals surface area contributed by atoms with Gasteiger partial charge in [-0.2, -0.15) is 5.10 Å². The summed E-state index contributed by atoms with van der Waals surface area (Å²) >= 11 is 0. The number of H-pyrrole nitrogens is 1. The molecule has 100 valence electrons. The Morgan fingerprint density at radius 2 is 2.00 bits per heavy atom. The summed E-state index contributed by atoms with van der Waals surface area (Å²) in [5.41, 5.74) is 7.66. The number of benzene rings is 1. The molecule has 1 heterocycles. The van der Waals surface area contributed by atoms with Crippen molar-refractivity contribution in [3.8, 4) is 0 Å². The molecule has 2 aromatic rings. The summed E-state index contributed by atoms with van der Waals surface area (Å²) in [6.07, 6.45) is 0. The fourth-order valence-electron chi connectivity index (χ4n) is 1.71. The lowest BCUT2D eigenvalue weighted by atomic mass is 10.1. The maximum atomic E-state index is 12.0. The summed E-state index contributed by atoms with van der Waals surface area (Å²) in [5.74, 6) is 0.564. The second kappa shape index (κ2) is 5.67. The Hall–Kier alpha value is -2.14. The van der Waals surface area contributed by atoms with E-state index in [1.165, 1.54) is 0 Å². The zero-order valence-electron chi connectivity index (χ0n) is 11.1. The first-order chi connectivity index (χ1) is 9.08. The number of aromatic amines is 1. The van der Waals surface area contributed by atoms with Crippen LogP contribution in [0.3, 0.4) is 0 Å². The maximum absolute atomic E-state index is 12.0. The minimum absolute atomic E-state index is 0.270. The number of hydrogen-bond acceptors (Lipinski definition) is 3. The van der Waals surface area contributed by atoms with Crippen LogP contribution in [0.15, 0.2) is 36.4 Å². The van der Waals surface area contributed by atoms with Crippen molar-refractivity contribution in [3.63, 3.8) is 0 Å². The second-order valence-electron chi connectivity index (χ2n) is 4.74. The lowest BCUT2D eigenvalue weighted by molar-refractivity contribution is -0.117. The minimum Gasteiger partial charge on any atom is -0.316 e. The monoisotopic (exact) mass is 258 g/mol. The number of aromatic nitrogens is 2. The maximum Gasteiger partial charge on any atom is 0.247 e. The molecule has 5 heteroatoms. The Morgan fingerprint density at radius 3 is 2.58 bits per heavy atom. The predicted molar refractivity (Wildman–Crippen MR) is 74.7 cm³/mol. The molecule has 0 aliphatic rings. The molecule has 0 saturated carbocycles. The Labute approximate surface area is 112 Å². The van der Waals surface area contributed by atoms with Crippen molar-refractivity contribution < 1.29 is 4.79 Å². The first kappa shape index (κ1) is 13.3. The van der Waals surface area contributed by atoms with Crippen molar-refractivity contribution in [3.05, 3.63) is 47.7 Å². The van der Waals surface area contributed by atoms with Crippen molar-refractivity contribution in [1.29, 1.82) is 0 Å². The number of nitrogens with one attached hydrogen (secondary N) is 2. The van der Waals surface area contributed by atoms with Crippen molar-refractivity contribution >= 4 is 11.7 Å². The van der Waals surface area contributed by atoms with Crippen molar-refractivity contribution in [2.24, 2.45) is 5.73 Å². The third-order valence-corrected chi connectivity index (χ3v) is 2.91. The number of carbonyl (C=O) groups is 1. The van der Waals surface area contributed by atoms with Crippen LogP contribution in [0, 0.1) is 0 Å². The van der Waals surface area contributed by atoms with E-state index >= 15 is 0 Å². The number of carbonyl (C=O) groups excluding carboxylic acids is 1. The highest BCUT2D eigenvalue weighted by Crippen LogP contribution is 2.16. The molecule has 1 aromatic carbocycles. The average Bonchev–Trinajstić information content (AvgIpc) is 2.87. The van der Waals surface area contributed by atoms with Crippen molar-refractivity contribution in [2.75, 3.05) is 5.32 Å². The molecule has 19 heavy (non-hydrogen) atoms. The highest BCUT2D eigenvalue weighted by atomic mass is 16.2. The molecule has 2 rings (SSSR count). The standard InChI is InChI=1S/C14H18N4O/c1-9(2)11-8-12(18-17-11)16-14(19)13(15)10-6-4-3-5-7-10/h3-9,13H,15H2,1-2H3,(H2,16,17,18,19)/t13-/m0/s1. The van der Waals surface area contributed by atoms with E-state index < -0.39 is 6.04 Å². The minimum atomic E-state index is -0.694. The smallest absolute Gasteiger partial charge is 0.247 e. The Bertz CT molecular complexity index is 548. The molecule has 5 nitrogen and oxygen atoms in total. The van der Waals surface area contributed by atoms with Crippen molar-refractivity contribution in [2.45, 2.75) is 25.8 Å². The summed E-state index contributed by atoms with van der Waals surface area (Å²) in [4.78, 5) is 12.0. The number of amides is 1. The van der Waals surface area contributed by atoms with E-state index in [0.29, 0.717) is 11.7 Å². The largest absolute Gasteiger partial charge is 0.316 e. The van der Waals surface area contributed by atoms with E-state index in [-0.39, 0.29) is 5.91 Å². The first-order valence-electron chi connectivity index (χ1n) is 6.24. The van der Waals surface area contributed by atoms with E-state index in [9.17, 15) is 4.79 Å². The Kier molecular flexibility index (Phi) is 3.97. The number of anilines is 1. The van der Waals surface area contributed by atoms with Gasteiger partial charge in [0, 0.05) is 11.8 Å². The molecule has 0 unspecified atom stereocenters. The molecule has 4 N–H and O–H groups in total. The Balaban J connectivity index is 2.04. The van der Waals surface area contributed by atoms with Crippen LogP contribution in [0.25, 0.3) is 0 Å². The van der Waals surface area contributed by atoms with Crippen LogP contribution >= 0.6 is 0 Å². The zero-order chi connectivity index (χ0) is 13.8. The third-order valence-electron chi connectivity index (χ3n) is 2.91. The van der Waals surface area contributed by atoms with Crippen LogP contribution in [-0.2, 0) is 4.79 Å². The summed E-state index contributed by atoms with van der Waals surface area (Å²) < 4.78 is 0. The molecule has 0 aliphatic heterocycles. The molecule has 1 aromatic heterocycles. The molecule has 0 bridgehead atoms. The first-order valence-corrected chi connectivity index (χ1v) is 6.24. The number of nitrogens with two attached hydrogens (primary N) is 1. The van der Waals surface area contributed by atoms with Gasteiger partial charge in [0.15, 0.2) is 5.82 Å². The second-order valence-corrected chi connectivity index (χ2v) is 4.74. The van der Waals surface area contributed by atoms with Gasteiger partial charge in [0.25, 0.3) is 0 Å². The van der Waals surface area contributed by atoms with Gasteiger partial charge in [-0.15, -0.1) is 0 Å². The summed E-state index contributed by atoms with van der Waals surface area (Å²) in [6, 6.07) is 10.4. The fraction of sp³-hybridized carbons (Fsp3) is 0.286. The number of rotatable bonds is 4. The SMILES string of the molecule is CC(C)c1cc(NC(=O)[C@@H](N)c2ccccc2)n[nH]1. The van der Waals surface area contributed by atoms with Gasteiger partial charge in [0.05, 0.1) is 0 Å². The quantitative estimate of drug-likeness (QED) is 0.785. The van der Waals surface area contributed by atoms with Gasteiger partial charge in [-0.3, -0.25) is 9.89 Å². The van der Waals surface area contributed by atoms with E-state index in [4.69, 9.17) is 5.73 Å². The van der Waals surface area contributed by atoms with E-state index in [1.54, 1.807) is 0 Å². The van der Waals surface area contributed by atoms with Crippen LogP contribution in [-0.4, -0.2) is 16.1 Å². The highest BCUT2D eigenvalue weighted by Gasteiger charge is 2.16. The van der Waals surface area contributed by atoms with Gasteiger partial charge in [-0.1, -0.05) is 44.2 Å². The average molecular weight is 258 g/mol. The van der Waals surface area contributed by atoms with Crippen LogP contribution in [0.4, 0.5) is 5.82 Å². The van der Waals surface area contributed by atoms with Crippen LogP contribution in [0.1, 0.15) is 37.1 Å². The molecule has 0 aliphatic carbocycles. The predicted octanol–water partition coefficient (Wildman–Crippen LogP) is 2.17. The lowest BCUT2D eigenvalue weighted by Gasteiger charge is -2.10. The molecule has 0 fully saturated rings. The van der Waals surface area contributed by atoms with E-state index in [1.807, 2.05) is 36.4 Å². The molecular formula is C14H18N4O. The fourth-order valence-corrected chi connectivity index (χ4v) is 1.71. The number of nitrogens with zero attached hydrogens (tertiary/aromatic N) is 1. The highest BCUT2D eigenvalue weighted by molar-refractivity contribution is 5.94. The summed E-state index contributed by atoms with van der Waals surface area (Å²) in [7, 11) is 0. The molecule has 0 spiro atoms. The van der Waals surface area contributed by atoms with Crippen molar-refractivity contribution in [1.82, 2.24) is 10.2 Å². The van der Waals surface area contributed by atoms with Crippen LogP contribution < -0.4 is 11.1 Å².